The predicted octanol–water partition coefficient (Wildman–Crippen LogP) is 2.91. The van der Waals surface area contributed by atoms with Crippen LogP contribution >= 0.6 is 0 Å². The Balaban J connectivity index is 1.66. The van der Waals surface area contributed by atoms with Gasteiger partial charge in [0.15, 0.2) is 11.5 Å². The van der Waals surface area contributed by atoms with Crippen molar-refractivity contribution in [3.63, 3.8) is 0 Å². The van der Waals surface area contributed by atoms with E-state index in [4.69, 9.17) is 14.2 Å². The van der Waals surface area contributed by atoms with Gasteiger partial charge in [0.05, 0.1) is 13.5 Å². The Bertz CT molecular complexity index is 712. The van der Waals surface area contributed by atoms with Gasteiger partial charge in [-0.25, -0.2) is 0 Å². The highest BCUT2D eigenvalue weighted by atomic mass is 16.7. The molecule has 1 aliphatic rings. The second kappa shape index (κ2) is 5.97. The minimum atomic E-state index is -0.0802. The highest BCUT2D eigenvalue weighted by Crippen LogP contribution is 2.34. The number of carbonyl (C=O) groups is 1. The summed E-state index contributed by atoms with van der Waals surface area (Å²) in [5.74, 6) is 2.09. The molecular formula is C17H17NO4. The lowest BCUT2D eigenvalue weighted by Gasteiger charge is -2.09. The van der Waals surface area contributed by atoms with Crippen molar-refractivity contribution in [2.45, 2.75) is 13.3 Å². The van der Waals surface area contributed by atoms with Gasteiger partial charge < -0.3 is 19.5 Å². The van der Waals surface area contributed by atoms with Gasteiger partial charge in [-0.2, -0.15) is 0 Å². The summed E-state index contributed by atoms with van der Waals surface area (Å²) in [6.07, 6.45) is 0.305. The second-order valence-corrected chi connectivity index (χ2v) is 5.10. The quantitative estimate of drug-likeness (QED) is 0.943. The number of rotatable bonds is 4. The Morgan fingerprint density at radius 1 is 1.18 bits per heavy atom. The Labute approximate surface area is 128 Å². The lowest BCUT2D eigenvalue weighted by molar-refractivity contribution is -0.115. The second-order valence-electron chi connectivity index (χ2n) is 5.10. The molecule has 1 heterocycles. The summed E-state index contributed by atoms with van der Waals surface area (Å²) >= 11 is 0. The van der Waals surface area contributed by atoms with Crippen LogP contribution in [0.5, 0.6) is 17.2 Å². The first-order valence-electron chi connectivity index (χ1n) is 6.99. The first-order valence-corrected chi connectivity index (χ1v) is 6.99. The third-order valence-electron chi connectivity index (χ3n) is 3.48. The van der Waals surface area contributed by atoms with Gasteiger partial charge in [-0.3, -0.25) is 4.79 Å². The number of hydrogen-bond acceptors (Lipinski definition) is 4. The summed E-state index contributed by atoms with van der Waals surface area (Å²) in [5, 5.41) is 2.86. The normalized spacial score (nSPS) is 12.1. The van der Waals surface area contributed by atoms with E-state index in [0.29, 0.717) is 23.6 Å². The Morgan fingerprint density at radius 3 is 2.77 bits per heavy atom. The Morgan fingerprint density at radius 2 is 2.00 bits per heavy atom. The number of benzene rings is 2. The standard InChI is InChI=1S/C17H17NO4/c1-11-7-12(3-5-14(11)20-2)8-17(19)18-13-4-6-15-16(9-13)22-10-21-15/h3-7,9H,8,10H2,1-2H3,(H,18,19). The van der Waals surface area contributed by atoms with Crippen LogP contribution in [0.15, 0.2) is 36.4 Å². The number of ether oxygens (including phenoxy) is 3. The van der Waals surface area contributed by atoms with Gasteiger partial charge in [-0.15, -0.1) is 0 Å². The third-order valence-corrected chi connectivity index (χ3v) is 3.48. The molecule has 0 atom stereocenters. The molecule has 1 N–H and O–H groups in total. The molecule has 1 aliphatic heterocycles. The summed E-state index contributed by atoms with van der Waals surface area (Å²) in [6.45, 7) is 2.18. The van der Waals surface area contributed by atoms with Crippen molar-refractivity contribution in [2.24, 2.45) is 0 Å². The molecule has 0 saturated carbocycles. The summed E-state index contributed by atoms with van der Waals surface area (Å²) in [4.78, 5) is 12.1. The van der Waals surface area contributed by atoms with Gasteiger partial charge in [0.25, 0.3) is 0 Å². The number of carbonyl (C=O) groups excluding carboxylic acids is 1. The molecular weight excluding hydrogens is 282 g/mol. The molecule has 0 unspecified atom stereocenters. The molecule has 114 valence electrons. The summed E-state index contributed by atoms with van der Waals surface area (Å²) < 4.78 is 15.8. The van der Waals surface area contributed by atoms with Gasteiger partial charge >= 0.3 is 0 Å². The van der Waals surface area contributed by atoms with Crippen LogP contribution in [0.3, 0.4) is 0 Å². The smallest absolute Gasteiger partial charge is 0.231 e. The molecule has 0 saturated heterocycles. The molecule has 0 radical (unpaired) electrons. The zero-order valence-corrected chi connectivity index (χ0v) is 12.5. The zero-order chi connectivity index (χ0) is 15.5. The minimum absolute atomic E-state index is 0.0802. The third kappa shape index (κ3) is 2.98. The van der Waals surface area contributed by atoms with Crippen molar-refractivity contribution in [1.82, 2.24) is 0 Å². The molecule has 22 heavy (non-hydrogen) atoms. The summed E-state index contributed by atoms with van der Waals surface area (Å²) in [6, 6.07) is 11.1. The van der Waals surface area contributed by atoms with E-state index in [-0.39, 0.29) is 12.7 Å². The molecule has 5 nitrogen and oxygen atoms in total. The highest BCUT2D eigenvalue weighted by molar-refractivity contribution is 5.92. The van der Waals surface area contributed by atoms with E-state index in [1.54, 1.807) is 25.3 Å². The van der Waals surface area contributed by atoms with Crippen LogP contribution in [-0.4, -0.2) is 19.8 Å². The monoisotopic (exact) mass is 299 g/mol. The van der Waals surface area contributed by atoms with Crippen LogP contribution in [0.25, 0.3) is 0 Å². The van der Waals surface area contributed by atoms with Crippen LogP contribution in [0.1, 0.15) is 11.1 Å². The van der Waals surface area contributed by atoms with Crippen LogP contribution < -0.4 is 19.5 Å². The number of amides is 1. The topological polar surface area (TPSA) is 56.8 Å². The molecule has 0 spiro atoms. The fourth-order valence-corrected chi connectivity index (χ4v) is 2.42. The first kappa shape index (κ1) is 14.3. The maximum Gasteiger partial charge on any atom is 0.231 e. The number of anilines is 1. The highest BCUT2D eigenvalue weighted by Gasteiger charge is 2.14. The Hall–Kier alpha value is -2.69. The van der Waals surface area contributed by atoms with Gasteiger partial charge in [0.1, 0.15) is 5.75 Å². The van der Waals surface area contributed by atoms with Crippen LogP contribution in [0.4, 0.5) is 5.69 Å². The van der Waals surface area contributed by atoms with E-state index in [9.17, 15) is 4.79 Å². The molecule has 5 heteroatoms. The lowest BCUT2D eigenvalue weighted by atomic mass is 10.1. The van der Waals surface area contributed by atoms with Crippen molar-refractivity contribution in [1.29, 1.82) is 0 Å². The van der Waals surface area contributed by atoms with E-state index < -0.39 is 0 Å². The molecule has 0 aromatic heterocycles. The number of hydrogen-bond donors (Lipinski definition) is 1. The van der Waals surface area contributed by atoms with Crippen LogP contribution in [-0.2, 0) is 11.2 Å². The predicted molar refractivity (Wildman–Crippen MR) is 82.6 cm³/mol. The molecule has 0 bridgehead atoms. The fraction of sp³-hybridized carbons (Fsp3) is 0.235. The number of fused-ring (bicyclic) bond motifs is 1. The number of methoxy groups -OCH3 is 1. The number of nitrogens with one attached hydrogen (secondary N) is 1. The lowest BCUT2D eigenvalue weighted by Crippen LogP contribution is -2.14. The van der Waals surface area contributed by atoms with Gasteiger partial charge in [-0.1, -0.05) is 12.1 Å². The zero-order valence-electron chi connectivity index (χ0n) is 12.5. The van der Waals surface area contributed by atoms with Crippen molar-refractivity contribution in [3.8, 4) is 17.2 Å². The largest absolute Gasteiger partial charge is 0.496 e. The SMILES string of the molecule is COc1ccc(CC(=O)Nc2ccc3c(c2)OCO3)cc1C. The number of aryl methyl sites for hydroxylation is 1. The van der Waals surface area contributed by atoms with Gasteiger partial charge in [-0.05, 0) is 36.2 Å². The minimum Gasteiger partial charge on any atom is -0.496 e. The van der Waals surface area contributed by atoms with Crippen molar-refractivity contribution in [3.05, 3.63) is 47.5 Å². The molecule has 0 fully saturated rings. The van der Waals surface area contributed by atoms with Gasteiger partial charge in [0, 0.05) is 11.8 Å². The van der Waals surface area contributed by atoms with Crippen LogP contribution in [0, 0.1) is 6.92 Å². The maximum absolute atomic E-state index is 12.1. The molecule has 3 rings (SSSR count). The maximum atomic E-state index is 12.1. The molecule has 0 aliphatic carbocycles. The van der Waals surface area contributed by atoms with E-state index in [1.165, 1.54) is 0 Å². The van der Waals surface area contributed by atoms with Gasteiger partial charge in [0.2, 0.25) is 12.7 Å². The van der Waals surface area contributed by atoms with E-state index in [1.807, 2.05) is 25.1 Å². The first-order chi connectivity index (χ1) is 10.7. The summed E-state index contributed by atoms with van der Waals surface area (Å²) in [5.41, 5.74) is 2.65. The molecule has 2 aromatic carbocycles. The van der Waals surface area contributed by atoms with Crippen molar-refractivity contribution >= 4 is 11.6 Å². The van der Waals surface area contributed by atoms with E-state index >= 15 is 0 Å². The van der Waals surface area contributed by atoms with Crippen LogP contribution in [0.2, 0.25) is 0 Å². The summed E-state index contributed by atoms with van der Waals surface area (Å²) in [7, 11) is 1.63. The molecule has 2 aromatic rings. The average molecular weight is 299 g/mol. The average Bonchev–Trinajstić information content (AvgIpc) is 2.95. The fourth-order valence-electron chi connectivity index (χ4n) is 2.42. The van der Waals surface area contributed by atoms with E-state index in [2.05, 4.69) is 5.32 Å². The van der Waals surface area contributed by atoms with Crippen molar-refractivity contribution < 1.29 is 19.0 Å². The van der Waals surface area contributed by atoms with Crippen molar-refractivity contribution in [2.75, 3.05) is 19.2 Å². The van der Waals surface area contributed by atoms with E-state index in [0.717, 1.165) is 16.9 Å². The Kier molecular flexibility index (Phi) is 3.87. The molecule has 1 amide bonds.